The summed E-state index contributed by atoms with van der Waals surface area (Å²) < 4.78 is 0. The van der Waals surface area contributed by atoms with Crippen LogP contribution in [-0.2, 0) is 4.79 Å². The van der Waals surface area contributed by atoms with Crippen molar-refractivity contribution in [2.45, 2.75) is 81.1 Å². The summed E-state index contributed by atoms with van der Waals surface area (Å²) in [6, 6.07) is 2.05. The van der Waals surface area contributed by atoms with Crippen LogP contribution in [0.5, 0.6) is 0 Å². The largest absolute Gasteiger partial charge is 0.294 e. The number of thioether (sulfide) groups is 1. The summed E-state index contributed by atoms with van der Waals surface area (Å²) >= 11 is 1.77. The van der Waals surface area contributed by atoms with Crippen LogP contribution in [0.25, 0.3) is 0 Å². The lowest BCUT2D eigenvalue weighted by Crippen LogP contribution is -2.26. The minimum Gasteiger partial charge on any atom is -0.294 e. The minimum absolute atomic E-state index is 0.158. The molecule has 0 amide bonds. The number of rotatable bonds is 13. The van der Waals surface area contributed by atoms with Crippen molar-refractivity contribution < 1.29 is 4.79 Å². The van der Waals surface area contributed by atoms with Crippen molar-refractivity contribution in [1.82, 2.24) is 4.90 Å². The fourth-order valence-electron chi connectivity index (χ4n) is 2.96. The first-order valence-corrected chi connectivity index (χ1v) is 11.9. The Morgan fingerprint density at radius 3 is 2.03 bits per heavy atom. The lowest BCUT2D eigenvalue weighted by atomic mass is 9.91. The van der Waals surface area contributed by atoms with Gasteiger partial charge in [-0.2, -0.15) is 5.26 Å². The van der Waals surface area contributed by atoms with Crippen molar-refractivity contribution in [2.24, 2.45) is 10.4 Å². The van der Waals surface area contributed by atoms with Crippen LogP contribution >= 0.6 is 11.8 Å². The van der Waals surface area contributed by atoms with E-state index in [4.69, 9.17) is 0 Å². The van der Waals surface area contributed by atoms with Gasteiger partial charge in [-0.05, 0) is 70.6 Å². The van der Waals surface area contributed by atoms with Crippen molar-refractivity contribution in [3.63, 3.8) is 0 Å². The molecule has 0 N–H and O–H groups in total. The van der Waals surface area contributed by atoms with Crippen LogP contribution in [0.1, 0.15) is 81.1 Å². The Morgan fingerprint density at radius 2 is 1.67 bits per heavy atom. The summed E-state index contributed by atoms with van der Waals surface area (Å²) in [5.41, 5.74) is 2.61. The predicted octanol–water partition coefficient (Wildman–Crippen LogP) is 6.91. The van der Waals surface area contributed by atoms with E-state index in [1.54, 1.807) is 11.8 Å². The van der Waals surface area contributed by atoms with Gasteiger partial charge in [0, 0.05) is 16.2 Å². The number of allylic oxidation sites excluding steroid dienone is 5. The Labute approximate surface area is 189 Å². The molecule has 0 heterocycles. The number of ketones is 1. The van der Waals surface area contributed by atoms with Crippen LogP contribution in [0.15, 0.2) is 38.4 Å². The van der Waals surface area contributed by atoms with Crippen LogP contribution in [0.2, 0.25) is 0 Å². The van der Waals surface area contributed by atoms with Crippen molar-refractivity contribution in [3.8, 4) is 6.07 Å². The zero-order chi connectivity index (χ0) is 23.3. The van der Waals surface area contributed by atoms with E-state index < -0.39 is 0 Å². The maximum absolute atomic E-state index is 11.8. The third-order valence-corrected chi connectivity index (χ3v) is 6.05. The molecule has 5 heteroatoms. The molecule has 0 aliphatic carbocycles. The molecule has 0 fully saturated rings. The molecule has 0 rings (SSSR count). The van der Waals surface area contributed by atoms with Crippen LogP contribution in [0, 0.1) is 16.7 Å². The standard InChI is InChI=1S/C25H41N3OS/c1-10-12-14-28(15-13-11-2)18-30-23(24(27-9)25(6,7)8)16-19(3)20(4)22(17-26)21(5)29/h16H,9-15,18H2,1-8H3/b19-16+,22-20-,24-23-. The van der Waals surface area contributed by atoms with E-state index in [1.165, 1.54) is 32.6 Å². The Hall–Kier alpha value is -1.64. The molecule has 0 atom stereocenters. The van der Waals surface area contributed by atoms with E-state index >= 15 is 0 Å². The number of Topliss-reactive ketones (excluding diaryl/α,β-unsaturated/α-hetero) is 1. The molecular formula is C25H41N3OS. The number of hydrogen-bond donors (Lipinski definition) is 0. The molecule has 0 aliphatic heterocycles. The summed E-state index contributed by atoms with van der Waals surface area (Å²) in [5, 5.41) is 9.37. The molecule has 0 bridgehead atoms. The van der Waals surface area contributed by atoms with E-state index in [0.717, 1.165) is 35.1 Å². The molecule has 0 saturated heterocycles. The molecule has 0 aromatic carbocycles. The van der Waals surface area contributed by atoms with E-state index in [0.29, 0.717) is 5.57 Å². The first-order chi connectivity index (χ1) is 14.0. The first-order valence-electron chi connectivity index (χ1n) is 10.9. The molecule has 0 aromatic rings. The predicted molar refractivity (Wildman–Crippen MR) is 133 cm³/mol. The molecule has 4 nitrogen and oxygen atoms in total. The van der Waals surface area contributed by atoms with Gasteiger partial charge in [0.05, 0.1) is 11.3 Å². The molecular weight excluding hydrogens is 390 g/mol. The highest BCUT2D eigenvalue weighted by Gasteiger charge is 2.21. The highest BCUT2D eigenvalue weighted by atomic mass is 32.2. The van der Waals surface area contributed by atoms with Gasteiger partial charge in [0.1, 0.15) is 6.07 Å². The molecule has 0 radical (unpaired) electrons. The van der Waals surface area contributed by atoms with Gasteiger partial charge in [-0.3, -0.25) is 14.7 Å². The van der Waals surface area contributed by atoms with Crippen LogP contribution in [0.4, 0.5) is 0 Å². The van der Waals surface area contributed by atoms with Gasteiger partial charge in [0.25, 0.3) is 0 Å². The normalized spacial score (nSPS) is 14.2. The zero-order valence-corrected chi connectivity index (χ0v) is 21.2. The third kappa shape index (κ3) is 9.91. The second-order valence-electron chi connectivity index (χ2n) is 8.71. The molecule has 0 saturated carbocycles. The number of carbonyl (C=O) groups is 1. The molecule has 0 unspecified atom stereocenters. The summed E-state index contributed by atoms with van der Waals surface area (Å²) in [4.78, 5) is 19.7. The van der Waals surface area contributed by atoms with Gasteiger partial charge < -0.3 is 0 Å². The Bertz CT molecular complexity index is 710. The van der Waals surface area contributed by atoms with Gasteiger partial charge in [0.2, 0.25) is 0 Å². The number of hydrogen-bond acceptors (Lipinski definition) is 5. The van der Waals surface area contributed by atoms with Crippen molar-refractivity contribution in [1.29, 1.82) is 5.26 Å². The summed E-state index contributed by atoms with van der Waals surface area (Å²) in [7, 11) is 0. The highest BCUT2D eigenvalue weighted by molar-refractivity contribution is 8.03. The maximum atomic E-state index is 11.8. The zero-order valence-electron chi connectivity index (χ0n) is 20.4. The number of unbranched alkanes of at least 4 members (excludes halogenated alkanes) is 2. The van der Waals surface area contributed by atoms with Crippen LogP contribution in [0.3, 0.4) is 0 Å². The topological polar surface area (TPSA) is 56.5 Å². The van der Waals surface area contributed by atoms with Gasteiger partial charge in [-0.15, -0.1) is 11.8 Å². The first kappa shape index (κ1) is 28.4. The number of aliphatic imine (C=N–C) groups is 1. The molecule has 0 aromatic heterocycles. The van der Waals surface area contributed by atoms with Gasteiger partial charge in [0.15, 0.2) is 5.78 Å². The average Bonchev–Trinajstić information content (AvgIpc) is 2.66. The van der Waals surface area contributed by atoms with Crippen molar-refractivity contribution in [3.05, 3.63) is 33.4 Å². The Morgan fingerprint density at radius 1 is 1.13 bits per heavy atom. The van der Waals surface area contributed by atoms with Crippen LogP contribution < -0.4 is 0 Å². The van der Waals surface area contributed by atoms with Crippen LogP contribution in [-0.4, -0.2) is 36.4 Å². The third-order valence-electron chi connectivity index (χ3n) is 4.94. The van der Waals surface area contributed by atoms with E-state index in [2.05, 4.69) is 57.3 Å². The SMILES string of the molecule is C=N/C(=C(/C=C(C)/C(C)=C(/C#N)C(C)=O)SCN(CCCC)CCCC)C(C)(C)C. The molecule has 30 heavy (non-hydrogen) atoms. The highest BCUT2D eigenvalue weighted by Crippen LogP contribution is 2.36. The Balaban J connectivity index is 6.09. The van der Waals surface area contributed by atoms with Gasteiger partial charge in [-0.1, -0.05) is 47.5 Å². The van der Waals surface area contributed by atoms with Gasteiger partial charge in [-0.25, -0.2) is 0 Å². The van der Waals surface area contributed by atoms with Crippen molar-refractivity contribution in [2.75, 3.05) is 19.0 Å². The Kier molecular flexibility index (Phi) is 13.6. The lowest BCUT2D eigenvalue weighted by molar-refractivity contribution is -0.113. The van der Waals surface area contributed by atoms with E-state index in [9.17, 15) is 10.1 Å². The quantitative estimate of drug-likeness (QED) is 0.104. The van der Waals surface area contributed by atoms with E-state index in [-0.39, 0.29) is 16.8 Å². The number of nitriles is 1. The molecule has 168 valence electrons. The summed E-state index contributed by atoms with van der Waals surface area (Å²) in [6.07, 6.45) is 6.81. The van der Waals surface area contributed by atoms with Crippen molar-refractivity contribution >= 4 is 24.3 Å². The van der Waals surface area contributed by atoms with Gasteiger partial charge >= 0.3 is 0 Å². The molecule has 0 spiro atoms. The second-order valence-corrected chi connectivity index (χ2v) is 9.70. The number of carbonyl (C=O) groups excluding carboxylic acids is 1. The average molecular weight is 432 g/mol. The molecule has 0 aliphatic rings. The fourth-order valence-corrected chi connectivity index (χ4v) is 4.30. The second kappa shape index (κ2) is 14.4. The lowest BCUT2D eigenvalue weighted by Gasteiger charge is -2.25. The van der Waals surface area contributed by atoms with E-state index in [1.807, 2.05) is 19.9 Å². The smallest absolute Gasteiger partial charge is 0.170 e. The summed E-state index contributed by atoms with van der Waals surface area (Å²) in [6.45, 7) is 22.1. The summed E-state index contributed by atoms with van der Waals surface area (Å²) in [5.74, 6) is 0.679. The number of nitrogens with zero attached hydrogens (tertiary/aromatic N) is 3. The maximum Gasteiger partial charge on any atom is 0.170 e. The monoisotopic (exact) mass is 431 g/mol. The minimum atomic E-state index is -0.205. The fraction of sp³-hybridized carbons (Fsp3) is 0.640.